The molecule has 1 unspecified atom stereocenters. The SMILES string of the molecule is O=C(Nc1cc(F)cc(F)c1)C1CC(=O)N(c2cccc(Cl)c2)C1. The molecule has 1 aliphatic heterocycles. The molecule has 1 heterocycles. The third-order valence-corrected chi connectivity index (χ3v) is 3.98. The van der Waals surface area contributed by atoms with Crippen LogP contribution in [0.5, 0.6) is 0 Å². The molecule has 2 aromatic carbocycles. The number of hydrogen-bond acceptors (Lipinski definition) is 2. The number of carbonyl (C=O) groups is 2. The number of rotatable bonds is 3. The van der Waals surface area contributed by atoms with Crippen molar-refractivity contribution in [1.82, 2.24) is 0 Å². The fraction of sp³-hybridized carbons (Fsp3) is 0.176. The highest BCUT2D eigenvalue weighted by Crippen LogP contribution is 2.28. The number of nitrogens with one attached hydrogen (secondary N) is 1. The highest BCUT2D eigenvalue weighted by molar-refractivity contribution is 6.31. The molecule has 7 heteroatoms. The van der Waals surface area contributed by atoms with Crippen LogP contribution in [0.2, 0.25) is 5.02 Å². The third-order valence-electron chi connectivity index (χ3n) is 3.75. The smallest absolute Gasteiger partial charge is 0.229 e. The standard InChI is InChI=1S/C17H13ClF2N2O2/c18-11-2-1-3-15(5-11)22-9-10(4-16(22)23)17(24)21-14-7-12(19)6-13(20)8-14/h1-3,5-8,10H,4,9H2,(H,21,24). The molecule has 124 valence electrons. The van der Waals surface area contributed by atoms with E-state index in [1.54, 1.807) is 24.3 Å². The molecular formula is C17H13ClF2N2O2. The van der Waals surface area contributed by atoms with Gasteiger partial charge in [0.25, 0.3) is 0 Å². The van der Waals surface area contributed by atoms with E-state index in [1.165, 1.54) is 4.90 Å². The lowest BCUT2D eigenvalue weighted by atomic mass is 10.1. The van der Waals surface area contributed by atoms with Crippen molar-refractivity contribution in [2.45, 2.75) is 6.42 Å². The molecule has 0 saturated carbocycles. The Bertz CT molecular complexity index is 793. The first-order valence-electron chi connectivity index (χ1n) is 7.25. The third kappa shape index (κ3) is 3.54. The molecular weight excluding hydrogens is 338 g/mol. The summed E-state index contributed by atoms with van der Waals surface area (Å²) in [4.78, 5) is 25.9. The van der Waals surface area contributed by atoms with E-state index in [2.05, 4.69) is 5.32 Å². The zero-order chi connectivity index (χ0) is 17.3. The highest BCUT2D eigenvalue weighted by atomic mass is 35.5. The number of hydrogen-bond donors (Lipinski definition) is 1. The maximum Gasteiger partial charge on any atom is 0.229 e. The lowest BCUT2D eigenvalue weighted by Gasteiger charge is -2.17. The Morgan fingerprint density at radius 1 is 1.17 bits per heavy atom. The number of nitrogens with zero attached hydrogens (tertiary/aromatic N) is 1. The fourth-order valence-electron chi connectivity index (χ4n) is 2.65. The predicted molar refractivity (Wildman–Crippen MR) is 86.9 cm³/mol. The first-order valence-corrected chi connectivity index (χ1v) is 7.63. The molecule has 1 saturated heterocycles. The zero-order valence-electron chi connectivity index (χ0n) is 12.4. The lowest BCUT2D eigenvalue weighted by Crippen LogP contribution is -2.28. The van der Waals surface area contributed by atoms with Gasteiger partial charge in [-0.15, -0.1) is 0 Å². The Morgan fingerprint density at radius 2 is 1.88 bits per heavy atom. The largest absolute Gasteiger partial charge is 0.326 e. The average Bonchev–Trinajstić information content (AvgIpc) is 2.88. The molecule has 1 atom stereocenters. The van der Waals surface area contributed by atoms with Crippen molar-refractivity contribution in [3.8, 4) is 0 Å². The molecule has 0 radical (unpaired) electrons. The van der Waals surface area contributed by atoms with E-state index in [1.807, 2.05) is 0 Å². The van der Waals surface area contributed by atoms with E-state index in [-0.39, 0.29) is 24.6 Å². The fourth-order valence-corrected chi connectivity index (χ4v) is 2.83. The van der Waals surface area contributed by atoms with Crippen LogP contribution < -0.4 is 10.2 Å². The van der Waals surface area contributed by atoms with Crippen molar-refractivity contribution in [2.24, 2.45) is 5.92 Å². The van der Waals surface area contributed by atoms with Gasteiger partial charge in [-0.1, -0.05) is 17.7 Å². The van der Waals surface area contributed by atoms with Crippen LogP contribution in [-0.4, -0.2) is 18.4 Å². The first kappa shape index (κ1) is 16.4. The second kappa shape index (κ2) is 6.57. The van der Waals surface area contributed by atoms with Gasteiger partial charge in [-0.2, -0.15) is 0 Å². The van der Waals surface area contributed by atoms with Gasteiger partial charge in [-0.25, -0.2) is 8.78 Å². The van der Waals surface area contributed by atoms with Gasteiger partial charge < -0.3 is 10.2 Å². The van der Waals surface area contributed by atoms with Gasteiger partial charge in [-0.3, -0.25) is 9.59 Å². The Labute approximate surface area is 142 Å². The topological polar surface area (TPSA) is 49.4 Å². The monoisotopic (exact) mass is 350 g/mol. The number of carbonyl (C=O) groups excluding carboxylic acids is 2. The summed E-state index contributed by atoms with van der Waals surface area (Å²) in [5, 5.41) is 2.93. The highest BCUT2D eigenvalue weighted by Gasteiger charge is 2.35. The van der Waals surface area contributed by atoms with Gasteiger partial charge in [0.15, 0.2) is 0 Å². The molecule has 1 aliphatic rings. The molecule has 0 spiro atoms. The first-order chi connectivity index (χ1) is 11.4. The molecule has 1 fully saturated rings. The number of halogens is 3. The van der Waals surface area contributed by atoms with Gasteiger partial charge >= 0.3 is 0 Å². The molecule has 0 aliphatic carbocycles. The average molecular weight is 351 g/mol. The predicted octanol–water partition coefficient (Wildman–Crippen LogP) is 3.61. The maximum absolute atomic E-state index is 13.2. The molecule has 0 aromatic heterocycles. The summed E-state index contributed by atoms with van der Waals surface area (Å²) in [7, 11) is 0. The van der Waals surface area contributed by atoms with E-state index in [0.29, 0.717) is 10.7 Å². The Morgan fingerprint density at radius 3 is 2.54 bits per heavy atom. The van der Waals surface area contributed by atoms with Crippen LogP contribution in [0.25, 0.3) is 0 Å². The van der Waals surface area contributed by atoms with Gasteiger partial charge in [-0.05, 0) is 30.3 Å². The lowest BCUT2D eigenvalue weighted by molar-refractivity contribution is -0.122. The second-order valence-corrected chi connectivity index (χ2v) is 5.97. The minimum atomic E-state index is -0.784. The van der Waals surface area contributed by atoms with Crippen molar-refractivity contribution < 1.29 is 18.4 Å². The minimum absolute atomic E-state index is 0.0196. The van der Waals surface area contributed by atoms with Crippen molar-refractivity contribution >= 4 is 34.8 Å². The molecule has 4 nitrogen and oxygen atoms in total. The van der Waals surface area contributed by atoms with E-state index in [4.69, 9.17) is 11.6 Å². The van der Waals surface area contributed by atoms with Crippen LogP contribution >= 0.6 is 11.6 Å². The molecule has 24 heavy (non-hydrogen) atoms. The molecule has 3 rings (SSSR count). The second-order valence-electron chi connectivity index (χ2n) is 5.53. The summed E-state index contributed by atoms with van der Waals surface area (Å²) in [5.41, 5.74) is 0.630. The van der Waals surface area contributed by atoms with Gasteiger partial charge in [0, 0.05) is 35.4 Å². The molecule has 1 N–H and O–H groups in total. The Balaban J connectivity index is 1.72. The molecule has 0 bridgehead atoms. The Hall–Kier alpha value is -2.47. The number of anilines is 2. The van der Waals surface area contributed by atoms with Gasteiger partial charge in [0.2, 0.25) is 11.8 Å². The minimum Gasteiger partial charge on any atom is -0.326 e. The van der Waals surface area contributed by atoms with Gasteiger partial charge in [0.05, 0.1) is 5.92 Å². The molecule has 2 aromatic rings. The van der Waals surface area contributed by atoms with Crippen molar-refractivity contribution in [3.63, 3.8) is 0 Å². The quantitative estimate of drug-likeness (QED) is 0.919. The van der Waals surface area contributed by atoms with Crippen molar-refractivity contribution in [3.05, 3.63) is 59.1 Å². The Kier molecular flexibility index (Phi) is 4.49. The summed E-state index contributed by atoms with van der Waals surface area (Å²) in [6.45, 7) is 0.183. The maximum atomic E-state index is 13.2. The van der Waals surface area contributed by atoms with Crippen LogP contribution in [-0.2, 0) is 9.59 Å². The van der Waals surface area contributed by atoms with Crippen LogP contribution in [0.1, 0.15) is 6.42 Å². The van der Waals surface area contributed by atoms with Crippen LogP contribution in [0.3, 0.4) is 0 Å². The van der Waals surface area contributed by atoms with Crippen molar-refractivity contribution in [1.29, 1.82) is 0 Å². The molecule has 2 amide bonds. The summed E-state index contributed by atoms with van der Waals surface area (Å²) in [5.74, 6) is -2.84. The van der Waals surface area contributed by atoms with E-state index in [0.717, 1.165) is 18.2 Å². The summed E-state index contributed by atoms with van der Waals surface area (Å²) in [6.07, 6.45) is 0.0240. The van der Waals surface area contributed by atoms with Crippen LogP contribution in [0.15, 0.2) is 42.5 Å². The van der Waals surface area contributed by atoms with E-state index < -0.39 is 23.5 Å². The zero-order valence-corrected chi connectivity index (χ0v) is 13.2. The normalized spacial score (nSPS) is 17.2. The van der Waals surface area contributed by atoms with Gasteiger partial charge in [0.1, 0.15) is 11.6 Å². The summed E-state index contributed by atoms with van der Waals surface area (Å²) < 4.78 is 26.3. The van der Waals surface area contributed by atoms with Crippen LogP contribution in [0.4, 0.5) is 20.2 Å². The van der Waals surface area contributed by atoms with E-state index in [9.17, 15) is 18.4 Å². The number of amides is 2. The van der Waals surface area contributed by atoms with Crippen molar-refractivity contribution in [2.75, 3.05) is 16.8 Å². The number of benzene rings is 2. The summed E-state index contributed by atoms with van der Waals surface area (Å²) in [6, 6.07) is 9.53. The summed E-state index contributed by atoms with van der Waals surface area (Å²) >= 11 is 5.92. The van der Waals surface area contributed by atoms with E-state index >= 15 is 0 Å². The van der Waals surface area contributed by atoms with Crippen LogP contribution in [0, 0.1) is 17.6 Å².